The molecule has 2 N–H and O–H groups in total. The molecule has 1 heterocycles. The Labute approximate surface area is 98.0 Å². The second-order valence-corrected chi connectivity index (χ2v) is 4.45. The highest BCUT2D eigenvalue weighted by Crippen LogP contribution is 2.35. The van der Waals surface area contributed by atoms with Crippen LogP contribution in [0.5, 0.6) is 0 Å². The van der Waals surface area contributed by atoms with Crippen LogP contribution in [-0.4, -0.2) is 27.7 Å². The third-order valence-corrected chi connectivity index (χ3v) is 3.17. The van der Waals surface area contributed by atoms with Crippen molar-refractivity contribution >= 4 is 11.9 Å². The molecule has 1 fully saturated rings. The van der Waals surface area contributed by atoms with Crippen molar-refractivity contribution in [1.82, 2.24) is 10.5 Å². The minimum absolute atomic E-state index is 0.0386. The zero-order valence-corrected chi connectivity index (χ0v) is 9.52. The Morgan fingerprint density at radius 3 is 2.71 bits per heavy atom. The van der Waals surface area contributed by atoms with Crippen LogP contribution in [0.25, 0.3) is 0 Å². The van der Waals surface area contributed by atoms with E-state index in [2.05, 4.69) is 10.5 Å². The van der Waals surface area contributed by atoms with Crippen molar-refractivity contribution in [1.29, 1.82) is 0 Å². The quantitative estimate of drug-likeness (QED) is 0.819. The van der Waals surface area contributed by atoms with Gasteiger partial charge in [0.2, 0.25) is 0 Å². The van der Waals surface area contributed by atoms with E-state index in [9.17, 15) is 9.59 Å². The number of carboxylic acid groups (broad SMARTS) is 1. The Morgan fingerprint density at radius 1 is 1.59 bits per heavy atom. The van der Waals surface area contributed by atoms with E-state index in [1.165, 1.54) is 6.20 Å². The number of hydrogen-bond acceptors (Lipinski definition) is 4. The van der Waals surface area contributed by atoms with E-state index in [0.29, 0.717) is 24.2 Å². The number of nitrogens with one attached hydrogen (secondary N) is 1. The highest BCUT2D eigenvalue weighted by molar-refractivity contribution is 5.95. The molecular formula is C11H14N2O4. The lowest BCUT2D eigenvalue weighted by Gasteiger charge is -2.41. The summed E-state index contributed by atoms with van der Waals surface area (Å²) in [7, 11) is 0. The van der Waals surface area contributed by atoms with Crippen LogP contribution >= 0.6 is 0 Å². The third kappa shape index (κ3) is 2.30. The van der Waals surface area contributed by atoms with E-state index in [-0.39, 0.29) is 12.3 Å². The SMILES string of the molecule is Cc1oncc1C(=O)NC1(CC(=O)O)CCC1. The lowest BCUT2D eigenvalue weighted by molar-refractivity contribution is -0.139. The number of aromatic nitrogens is 1. The highest BCUT2D eigenvalue weighted by atomic mass is 16.5. The summed E-state index contributed by atoms with van der Waals surface area (Å²) in [4.78, 5) is 22.7. The largest absolute Gasteiger partial charge is 0.481 e. The van der Waals surface area contributed by atoms with E-state index < -0.39 is 11.5 Å². The van der Waals surface area contributed by atoms with Crippen LogP contribution in [0.4, 0.5) is 0 Å². The number of hydrogen-bond donors (Lipinski definition) is 2. The van der Waals surface area contributed by atoms with Crippen LogP contribution in [0.15, 0.2) is 10.7 Å². The monoisotopic (exact) mass is 238 g/mol. The van der Waals surface area contributed by atoms with Crippen molar-refractivity contribution in [3.05, 3.63) is 17.5 Å². The zero-order chi connectivity index (χ0) is 12.5. The van der Waals surface area contributed by atoms with E-state index >= 15 is 0 Å². The topological polar surface area (TPSA) is 92.4 Å². The van der Waals surface area contributed by atoms with Crippen LogP contribution in [-0.2, 0) is 4.79 Å². The van der Waals surface area contributed by atoms with Crippen molar-refractivity contribution in [2.75, 3.05) is 0 Å². The second kappa shape index (κ2) is 4.20. The van der Waals surface area contributed by atoms with Crippen molar-refractivity contribution in [3.8, 4) is 0 Å². The summed E-state index contributed by atoms with van der Waals surface area (Å²) < 4.78 is 4.81. The molecule has 0 aromatic carbocycles. The molecule has 2 rings (SSSR count). The predicted molar refractivity (Wildman–Crippen MR) is 57.5 cm³/mol. The van der Waals surface area contributed by atoms with E-state index in [0.717, 1.165) is 6.42 Å². The fourth-order valence-corrected chi connectivity index (χ4v) is 2.06. The Morgan fingerprint density at radius 2 is 2.29 bits per heavy atom. The standard InChI is InChI=1S/C11H14N2O4/c1-7-8(6-12-17-7)10(16)13-11(3-2-4-11)5-9(14)15/h6H,2-5H2,1H3,(H,13,16)(H,14,15). The van der Waals surface area contributed by atoms with Gasteiger partial charge in [0.05, 0.1) is 18.2 Å². The van der Waals surface area contributed by atoms with Gasteiger partial charge in [0.1, 0.15) is 11.3 Å². The molecule has 0 bridgehead atoms. The fraction of sp³-hybridized carbons (Fsp3) is 0.545. The average Bonchev–Trinajstić information content (AvgIpc) is 2.60. The summed E-state index contributed by atoms with van der Waals surface area (Å²) in [6.07, 6.45) is 3.65. The Hall–Kier alpha value is -1.85. The first kappa shape index (κ1) is 11.6. The molecule has 1 amide bonds. The van der Waals surface area contributed by atoms with Crippen LogP contribution < -0.4 is 5.32 Å². The molecule has 0 spiro atoms. The van der Waals surface area contributed by atoms with Gasteiger partial charge in [-0.25, -0.2) is 0 Å². The minimum atomic E-state index is -0.896. The molecule has 0 atom stereocenters. The summed E-state index contributed by atoms with van der Waals surface area (Å²) in [5.74, 6) is -0.774. The van der Waals surface area contributed by atoms with Gasteiger partial charge >= 0.3 is 5.97 Å². The average molecular weight is 238 g/mol. The molecule has 1 aliphatic rings. The zero-order valence-electron chi connectivity index (χ0n) is 9.52. The van der Waals surface area contributed by atoms with Gasteiger partial charge in [0.15, 0.2) is 0 Å². The summed E-state index contributed by atoms with van der Waals surface area (Å²) >= 11 is 0. The summed E-state index contributed by atoms with van der Waals surface area (Å²) in [5.41, 5.74) is -0.228. The number of nitrogens with zero attached hydrogens (tertiary/aromatic N) is 1. The molecule has 1 saturated carbocycles. The van der Waals surface area contributed by atoms with Crippen LogP contribution in [0.3, 0.4) is 0 Å². The summed E-state index contributed by atoms with van der Waals surface area (Å²) in [6.45, 7) is 1.65. The van der Waals surface area contributed by atoms with Gasteiger partial charge < -0.3 is 14.9 Å². The van der Waals surface area contributed by atoms with Crippen LogP contribution in [0.2, 0.25) is 0 Å². The summed E-state index contributed by atoms with van der Waals surface area (Å²) in [6, 6.07) is 0. The van der Waals surface area contributed by atoms with E-state index in [1.807, 2.05) is 0 Å². The first-order valence-corrected chi connectivity index (χ1v) is 5.48. The second-order valence-electron chi connectivity index (χ2n) is 4.45. The highest BCUT2D eigenvalue weighted by Gasteiger charge is 2.40. The van der Waals surface area contributed by atoms with Crippen molar-refractivity contribution in [2.24, 2.45) is 0 Å². The minimum Gasteiger partial charge on any atom is -0.481 e. The lowest BCUT2D eigenvalue weighted by Crippen LogP contribution is -2.54. The molecular weight excluding hydrogens is 224 g/mol. The van der Waals surface area contributed by atoms with Gasteiger partial charge in [0, 0.05) is 0 Å². The van der Waals surface area contributed by atoms with Crippen molar-refractivity contribution < 1.29 is 19.2 Å². The molecule has 92 valence electrons. The molecule has 1 aromatic rings. The van der Waals surface area contributed by atoms with Gasteiger partial charge in [-0.15, -0.1) is 0 Å². The molecule has 1 aromatic heterocycles. The van der Waals surface area contributed by atoms with Gasteiger partial charge in [0.25, 0.3) is 5.91 Å². The number of carbonyl (C=O) groups excluding carboxylic acids is 1. The van der Waals surface area contributed by atoms with Crippen molar-refractivity contribution in [3.63, 3.8) is 0 Å². The number of carboxylic acids is 1. The Balaban J connectivity index is 2.07. The molecule has 0 aliphatic heterocycles. The number of carbonyl (C=O) groups is 2. The van der Waals surface area contributed by atoms with Gasteiger partial charge in [-0.2, -0.15) is 0 Å². The molecule has 6 nitrogen and oxygen atoms in total. The lowest BCUT2D eigenvalue weighted by atomic mass is 9.74. The van der Waals surface area contributed by atoms with Gasteiger partial charge in [-0.1, -0.05) is 5.16 Å². The maximum Gasteiger partial charge on any atom is 0.305 e. The number of aryl methyl sites for hydroxylation is 1. The number of amides is 1. The smallest absolute Gasteiger partial charge is 0.305 e. The Kier molecular flexibility index (Phi) is 2.87. The van der Waals surface area contributed by atoms with E-state index in [4.69, 9.17) is 9.63 Å². The van der Waals surface area contributed by atoms with Crippen molar-refractivity contribution in [2.45, 2.75) is 38.1 Å². The molecule has 6 heteroatoms. The number of rotatable bonds is 4. The van der Waals surface area contributed by atoms with Gasteiger partial charge in [-0.05, 0) is 26.2 Å². The normalized spacial score (nSPS) is 17.2. The van der Waals surface area contributed by atoms with Crippen LogP contribution in [0, 0.1) is 6.92 Å². The Bertz CT molecular complexity index is 448. The maximum atomic E-state index is 11.9. The first-order valence-electron chi connectivity index (χ1n) is 5.48. The van der Waals surface area contributed by atoms with Gasteiger partial charge in [-0.3, -0.25) is 9.59 Å². The summed E-state index contributed by atoms with van der Waals surface area (Å²) in [5, 5.41) is 15.1. The molecule has 0 saturated heterocycles. The molecule has 0 radical (unpaired) electrons. The predicted octanol–water partition coefficient (Wildman–Crippen LogP) is 1.11. The first-order chi connectivity index (χ1) is 8.02. The maximum absolute atomic E-state index is 11.9. The third-order valence-electron chi connectivity index (χ3n) is 3.17. The molecule has 0 unspecified atom stereocenters. The van der Waals surface area contributed by atoms with Crippen LogP contribution in [0.1, 0.15) is 41.8 Å². The number of aliphatic carboxylic acids is 1. The molecule has 1 aliphatic carbocycles. The fourth-order valence-electron chi connectivity index (χ4n) is 2.06. The molecule has 17 heavy (non-hydrogen) atoms. The van der Waals surface area contributed by atoms with E-state index in [1.54, 1.807) is 6.92 Å².